The van der Waals surface area contributed by atoms with Gasteiger partial charge in [0.25, 0.3) is 5.91 Å². The fourth-order valence-corrected chi connectivity index (χ4v) is 1.92. The smallest absolute Gasteiger partial charge is 0.257 e. The molecule has 1 fully saturated rings. The molecule has 0 aromatic carbocycles. The van der Waals surface area contributed by atoms with Gasteiger partial charge in [-0.05, 0) is 13.8 Å². The molecule has 0 bridgehead atoms. The molecule has 0 atom stereocenters. The van der Waals surface area contributed by atoms with Crippen LogP contribution in [-0.2, 0) is 7.05 Å². The first-order valence-corrected chi connectivity index (χ1v) is 5.65. The SMILES string of the molecule is CCN(C(=O)c1cnn(C)c1C)C1CNC1. The van der Waals surface area contributed by atoms with E-state index in [9.17, 15) is 4.79 Å². The van der Waals surface area contributed by atoms with Crippen LogP contribution in [0.2, 0.25) is 0 Å². The van der Waals surface area contributed by atoms with Gasteiger partial charge in [0.2, 0.25) is 0 Å². The monoisotopic (exact) mass is 222 g/mol. The molecular weight excluding hydrogens is 204 g/mol. The van der Waals surface area contributed by atoms with E-state index in [1.807, 2.05) is 25.8 Å². The highest BCUT2D eigenvalue weighted by molar-refractivity contribution is 5.95. The van der Waals surface area contributed by atoms with Crippen molar-refractivity contribution >= 4 is 5.91 Å². The van der Waals surface area contributed by atoms with E-state index in [2.05, 4.69) is 10.4 Å². The lowest BCUT2D eigenvalue weighted by Gasteiger charge is -2.37. The molecule has 1 amide bonds. The van der Waals surface area contributed by atoms with Crippen molar-refractivity contribution < 1.29 is 4.79 Å². The number of aromatic nitrogens is 2. The van der Waals surface area contributed by atoms with Crippen LogP contribution in [0.25, 0.3) is 0 Å². The Balaban J connectivity index is 2.19. The fraction of sp³-hybridized carbons (Fsp3) is 0.636. The topological polar surface area (TPSA) is 50.2 Å². The molecule has 0 spiro atoms. The zero-order valence-corrected chi connectivity index (χ0v) is 10.0. The molecule has 1 aromatic rings. The third kappa shape index (κ3) is 1.71. The molecule has 0 saturated carbocycles. The number of rotatable bonds is 3. The summed E-state index contributed by atoms with van der Waals surface area (Å²) >= 11 is 0. The van der Waals surface area contributed by atoms with Gasteiger partial charge < -0.3 is 10.2 Å². The molecule has 0 unspecified atom stereocenters. The number of nitrogens with zero attached hydrogens (tertiary/aromatic N) is 3. The van der Waals surface area contributed by atoms with Crippen molar-refractivity contribution in [2.24, 2.45) is 7.05 Å². The third-order valence-corrected chi connectivity index (χ3v) is 3.27. The number of hydrogen-bond donors (Lipinski definition) is 1. The maximum atomic E-state index is 12.3. The second-order valence-corrected chi connectivity index (χ2v) is 4.17. The van der Waals surface area contributed by atoms with Crippen molar-refractivity contribution in [3.05, 3.63) is 17.5 Å². The maximum Gasteiger partial charge on any atom is 0.257 e. The predicted octanol–water partition coefficient (Wildman–Crippen LogP) is 0.162. The molecule has 5 nitrogen and oxygen atoms in total. The lowest BCUT2D eigenvalue weighted by atomic mass is 10.1. The lowest BCUT2D eigenvalue weighted by Crippen LogP contribution is -2.58. The van der Waals surface area contributed by atoms with E-state index in [1.54, 1.807) is 10.9 Å². The molecule has 1 aliphatic heterocycles. The summed E-state index contributed by atoms with van der Waals surface area (Å²) in [6.45, 7) is 6.49. The Labute approximate surface area is 95.4 Å². The first-order valence-electron chi connectivity index (χ1n) is 5.65. The largest absolute Gasteiger partial charge is 0.333 e. The minimum absolute atomic E-state index is 0.0969. The molecule has 5 heteroatoms. The molecule has 16 heavy (non-hydrogen) atoms. The van der Waals surface area contributed by atoms with Crippen LogP contribution < -0.4 is 5.32 Å². The van der Waals surface area contributed by atoms with Crippen molar-refractivity contribution in [1.29, 1.82) is 0 Å². The average Bonchev–Trinajstić information content (AvgIpc) is 2.52. The Hall–Kier alpha value is -1.36. The minimum atomic E-state index is 0.0969. The van der Waals surface area contributed by atoms with Crippen LogP contribution >= 0.6 is 0 Å². The van der Waals surface area contributed by atoms with E-state index in [4.69, 9.17) is 0 Å². The van der Waals surface area contributed by atoms with Gasteiger partial charge in [0.1, 0.15) is 0 Å². The molecule has 0 radical (unpaired) electrons. The van der Waals surface area contributed by atoms with Crippen LogP contribution in [0.1, 0.15) is 23.0 Å². The standard InChI is InChI=1S/C11H18N4O/c1-4-15(9-5-12-6-9)11(16)10-7-13-14(3)8(10)2/h7,9,12H,4-6H2,1-3H3. The van der Waals surface area contributed by atoms with Crippen molar-refractivity contribution in [3.8, 4) is 0 Å². The highest BCUT2D eigenvalue weighted by Gasteiger charge is 2.29. The molecular formula is C11H18N4O. The quantitative estimate of drug-likeness (QED) is 0.792. The molecule has 1 aliphatic rings. The maximum absolute atomic E-state index is 12.3. The third-order valence-electron chi connectivity index (χ3n) is 3.27. The van der Waals surface area contributed by atoms with Gasteiger partial charge in [-0.3, -0.25) is 9.48 Å². The normalized spacial score (nSPS) is 15.9. The Kier molecular flexibility index (Phi) is 2.96. The molecule has 2 heterocycles. The summed E-state index contributed by atoms with van der Waals surface area (Å²) in [5.74, 6) is 0.0969. The second kappa shape index (κ2) is 4.25. The van der Waals surface area contributed by atoms with Gasteiger partial charge in [-0.2, -0.15) is 5.10 Å². The number of likely N-dealkylation sites (N-methyl/N-ethyl adjacent to an activating group) is 1. The molecule has 1 aromatic heterocycles. The van der Waals surface area contributed by atoms with Crippen LogP contribution in [0.15, 0.2) is 6.20 Å². The van der Waals surface area contributed by atoms with Gasteiger partial charge in [0, 0.05) is 32.4 Å². The van der Waals surface area contributed by atoms with Crippen LogP contribution in [0, 0.1) is 6.92 Å². The Bertz CT molecular complexity index is 395. The lowest BCUT2D eigenvalue weighted by molar-refractivity contribution is 0.0629. The van der Waals surface area contributed by atoms with E-state index in [0.29, 0.717) is 6.04 Å². The van der Waals surface area contributed by atoms with Gasteiger partial charge in [-0.15, -0.1) is 0 Å². The van der Waals surface area contributed by atoms with E-state index in [1.165, 1.54) is 0 Å². The van der Waals surface area contributed by atoms with Gasteiger partial charge in [0.05, 0.1) is 17.8 Å². The van der Waals surface area contributed by atoms with Crippen molar-refractivity contribution in [1.82, 2.24) is 20.0 Å². The van der Waals surface area contributed by atoms with Crippen LogP contribution in [0.3, 0.4) is 0 Å². The summed E-state index contributed by atoms with van der Waals surface area (Å²) in [6, 6.07) is 0.345. The number of nitrogens with one attached hydrogen (secondary N) is 1. The zero-order chi connectivity index (χ0) is 11.7. The summed E-state index contributed by atoms with van der Waals surface area (Å²) in [6.07, 6.45) is 1.66. The van der Waals surface area contributed by atoms with Crippen LogP contribution in [0.4, 0.5) is 0 Å². The van der Waals surface area contributed by atoms with Gasteiger partial charge in [0.15, 0.2) is 0 Å². The summed E-state index contributed by atoms with van der Waals surface area (Å²) in [5, 5.41) is 7.30. The second-order valence-electron chi connectivity index (χ2n) is 4.17. The van der Waals surface area contributed by atoms with Crippen LogP contribution in [0.5, 0.6) is 0 Å². The molecule has 1 saturated heterocycles. The first kappa shape index (κ1) is 11.1. The van der Waals surface area contributed by atoms with Gasteiger partial charge >= 0.3 is 0 Å². The summed E-state index contributed by atoms with van der Waals surface area (Å²) < 4.78 is 1.74. The molecule has 1 N–H and O–H groups in total. The van der Waals surface area contributed by atoms with Crippen molar-refractivity contribution in [2.75, 3.05) is 19.6 Å². The van der Waals surface area contributed by atoms with E-state index < -0.39 is 0 Å². The predicted molar refractivity (Wildman–Crippen MR) is 61.3 cm³/mol. The van der Waals surface area contributed by atoms with Crippen molar-refractivity contribution in [2.45, 2.75) is 19.9 Å². The van der Waals surface area contributed by atoms with Gasteiger partial charge in [-0.25, -0.2) is 0 Å². The van der Waals surface area contributed by atoms with Crippen molar-refractivity contribution in [3.63, 3.8) is 0 Å². The number of carbonyl (C=O) groups is 1. The number of amides is 1. The highest BCUT2D eigenvalue weighted by atomic mass is 16.2. The number of hydrogen-bond acceptors (Lipinski definition) is 3. The summed E-state index contributed by atoms with van der Waals surface area (Å²) in [7, 11) is 1.85. The molecule has 0 aliphatic carbocycles. The summed E-state index contributed by atoms with van der Waals surface area (Å²) in [5.41, 5.74) is 1.65. The van der Waals surface area contributed by atoms with E-state index >= 15 is 0 Å². The summed E-state index contributed by atoms with van der Waals surface area (Å²) in [4.78, 5) is 14.2. The van der Waals surface area contributed by atoms with E-state index in [-0.39, 0.29) is 5.91 Å². The highest BCUT2D eigenvalue weighted by Crippen LogP contribution is 2.13. The first-order chi connectivity index (χ1) is 7.65. The number of aryl methyl sites for hydroxylation is 1. The minimum Gasteiger partial charge on any atom is -0.333 e. The molecule has 88 valence electrons. The number of carbonyl (C=O) groups excluding carboxylic acids is 1. The molecule has 2 rings (SSSR count). The van der Waals surface area contributed by atoms with E-state index in [0.717, 1.165) is 30.9 Å². The Morgan fingerprint density at radius 2 is 2.38 bits per heavy atom. The van der Waals surface area contributed by atoms with Crippen LogP contribution in [-0.4, -0.2) is 46.3 Å². The Morgan fingerprint density at radius 3 is 2.75 bits per heavy atom. The zero-order valence-electron chi connectivity index (χ0n) is 10.0. The Morgan fingerprint density at radius 1 is 1.69 bits per heavy atom. The van der Waals surface area contributed by atoms with Gasteiger partial charge in [-0.1, -0.05) is 0 Å². The average molecular weight is 222 g/mol. The fourth-order valence-electron chi connectivity index (χ4n) is 1.92.